The number of furan rings is 1. The monoisotopic (exact) mass is 310 g/mol. The van der Waals surface area contributed by atoms with Crippen LogP contribution in [-0.2, 0) is 10.2 Å². The van der Waals surface area contributed by atoms with Crippen molar-refractivity contribution in [2.45, 2.75) is 25.2 Å². The van der Waals surface area contributed by atoms with E-state index in [2.05, 4.69) is 5.32 Å². The molecule has 2 aromatic rings. The highest BCUT2D eigenvalue weighted by Crippen LogP contribution is 2.43. The van der Waals surface area contributed by atoms with Gasteiger partial charge in [0.1, 0.15) is 0 Å². The number of carbonyl (C=O) groups excluding carboxylic acids is 2. The molecule has 1 atom stereocenters. The number of piperidine rings is 1. The zero-order chi connectivity index (χ0) is 16.0. The highest BCUT2D eigenvalue weighted by Gasteiger charge is 2.50. The van der Waals surface area contributed by atoms with Crippen LogP contribution in [0.4, 0.5) is 5.69 Å². The van der Waals surface area contributed by atoms with Crippen LogP contribution in [0.15, 0.2) is 41.0 Å². The minimum absolute atomic E-state index is 0.00707. The van der Waals surface area contributed by atoms with Crippen LogP contribution in [0, 0.1) is 6.92 Å². The number of carbonyl (C=O) groups is 2. The first-order valence-corrected chi connectivity index (χ1v) is 7.86. The molecule has 4 rings (SSSR count). The number of hydrogen-bond acceptors (Lipinski definition) is 3. The first-order valence-electron chi connectivity index (χ1n) is 7.86. The summed E-state index contributed by atoms with van der Waals surface area (Å²) in [6.07, 6.45) is 3.09. The molecule has 1 fully saturated rings. The van der Waals surface area contributed by atoms with Gasteiger partial charge in [0.25, 0.3) is 5.91 Å². The number of amides is 2. The molecule has 0 saturated carbocycles. The number of nitrogens with one attached hydrogen (secondary N) is 1. The van der Waals surface area contributed by atoms with Gasteiger partial charge < -0.3 is 14.6 Å². The van der Waals surface area contributed by atoms with Crippen molar-refractivity contribution in [1.29, 1.82) is 0 Å². The van der Waals surface area contributed by atoms with Crippen molar-refractivity contribution in [3.63, 3.8) is 0 Å². The number of benzene rings is 1. The molecule has 5 nitrogen and oxygen atoms in total. The Hall–Kier alpha value is -2.56. The zero-order valence-electron chi connectivity index (χ0n) is 13.0. The Morgan fingerprint density at radius 3 is 2.91 bits per heavy atom. The van der Waals surface area contributed by atoms with E-state index in [-0.39, 0.29) is 11.8 Å². The fourth-order valence-corrected chi connectivity index (χ4v) is 3.74. The largest absolute Gasteiger partial charge is 0.459 e. The SMILES string of the molecule is Cc1ccoc1C(=O)N1CCCC2(C1)C(=O)Nc1ccccc12. The van der Waals surface area contributed by atoms with Gasteiger partial charge in [-0.1, -0.05) is 18.2 Å². The number of anilines is 1. The molecular weight excluding hydrogens is 292 g/mol. The summed E-state index contributed by atoms with van der Waals surface area (Å²) in [6, 6.07) is 9.54. The molecule has 3 heterocycles. The van der Waals surface area contributed by atoms with Gasteiger partial charge in [0.15, 0.2) is 5.76 Å². The molecule has 0 aliphatic carbocycles. The molecule has 118 valence electrons. The van der Waals surface area contributed by atoms with Crippen molar-refractivity contribution < 1.29 is 14.0 Å². The lowest BCUT2D eigenvalue weighted by atomic mass is 9.75. The fraction of sp³-hybridized carbons (Fsp3) is 0.333. The first-order chi connectivity index (χ1) is 11.1. The Morgan fingerprint density at radius 1 is 1.30 bits per heavy atom. The van der Waals surface area contributed by atoms with E-state index in [1.165, 1.54) is 6.26 Å². The molecule has 1 saturated heterocycles. The first kappa shape index (κ1) is 14.1. The van der Waals surface area contributed by atoms with Gasteiger partial charge in [0.05, 0.1) is 11.7 Å². The van der Waals surface area contributed by atoms with Crippen LogP contribution >= 0.6 is 0 Å². The quantitative estimate of drug-likeness (QED) is 0.881. The number of para-hydroxylation sites is 1. The van der Waals surface area contributed by atoms with Gasteiger partial charge in [-0.2, -0.15) is 0 Å². The van der Waals surface area contributed by atoms with Gasteiger partial charge in [-0.3, -0.25) is 9.59 Å². The van der Waals surface area contributed by atoms with E-state index in [0.717, 1.165) is 29.7 Å². The Balaban J connectivity index is 1.69. The topological polar surface area (TPSA) is 62.6 Å². The molecule has 2 aliphatic rings. The average Bonchev–Trinajstić information content (AvgIpc) is 3.10. The summed E-state index contributed by atoms with van der Waals surface area (Å²) in [6.45, 7) is 2.90. The lowest BCUT2D eigenvalue weighted by Gasteiger charge is -2.38. The van der Waals surface area contributed by atoms with E-state index >= 15 is 0 Å². The van der Waals surface area contributed by atoms with Gasteiger partial charge in [-0.15, -0.1) is 0 Å². The predicted molar refractivity (Wildman–Crippen MR) is 85.3 cm³/mol. The Morgan fingerprint density at radius 2 is 2.13 bits per heavy atom. The molecule has 1 aromatic heterocycles. The fourth-order valence-electron chi connectivity index (χ4n) is 3.74. The van der Waals surface area contributed by atoms with Crippen LogP contribution in [0.5, 0.6) is 0 Å². The molecule has 0 bridgehead atoms. The van der Waals surface area contributed by atoms with Crippen molar-refractivity contribution >= 4 is 17.5 Å². The molecular formula is C18H18N2O3. The van der Waals surface area contributed by atoms with Gasteiger partial charge in [-0.05, 0) is 37.5 Å². The van der Waals surface area contributed by atoms with E-state index in [1.807, 2.05) is 31.2 Å². The molecule has 1 unspecified atom stereocenters. The van der Waals surface area contributed by atoms with Gasteiger partial charge >= 0.3 is 0 Å². The zero-order valence-corrected chi connectivity index (χ0v) is 13.0. The second-order valence-corrected chi connectivity index (χ2v) is 6.34. The Labute approximate surface area is 134 Å². The van der Waals surface area contributed by atoms with E-state index in [4.69, 9.17) is 4.42 Å². The normalized spacial score (nSPS) is 23.0. The van der Waals surface area contributed by atoms with Crippen LogP contribution in [-0.4, -0.2) is 29.8 Å². The Bertz CT molecular complexity index is 795. The van der Waals surface area contributed by atoms with Crippen LogP contribution in [0.2, 0.25) is 0 Å². The second-order valence-electron chi connectivity index (χ2n) is 6.34. The smallest absolute Gasteiger partial charge is 0.289 e. The van der Waals surface area contributed by atoms with E-state index in [1.54, 1.807) is 11.0 Å². The maximum atomic E-state index is 12.7. The summed E-state index contributed by atoms with van der Waals surface area (Å²) in [5.74, 6) is 0.227. The van der Waals surface area contributed by atoms with E-state index in [9.17, 15) is 9.59 Å². The summed E-state index contributed by atoms with van der Waals surface area (Å²) < 4.78 is 5.33. The third kappa shape index (κ3) is 2.00. The maximum absolute atomic E-state index is 12.7. The van der Waals surface area contributed by atoms with Crippen LogP contribution in [0.1, 0.15) is 34.5 Å². The number of rotatable bonds is 1. The summed E-state index contributed by atoms with van der Waals surface area (Å²) in [7, 11) is 0. The average molecular weight is 310 g/mol. The summed E-state index contributed by atoms with van der Waals surface area (Å²) >= 11 is 0. The third-order valence-electron chi connectivity index (χ3n) is 4.96. The molecule has 1 N–H and O–H groups in total. The van der Waals surface area contributed by atoms with Gasteiger partial charge in [-0.25, -0.2) is 0 Å². The van der Waals surface area contributed by atoms with Crippen LogP contribution in [0.25, 0.3) is 0 Å². The van der Waals surface area contributed by atoms with Crippen molar-refractivity contribution in [2.24, 2.45) is 0 Å². The summed E-state index contributed by atoms with van der Waals surface area (Å²) in [4.78, 5) is 27.1. The van der Waals surface area contributed by atoms with Crippen molar-refractivity contribution in [3.05, 3.63) is 53.5 Å². The molecule has 1 spiro atoms. The van der Waals surface area contributed by atoms with Crippen molar-refractivity contribution in [3.8, 4) is 0 Å². The standard InChI is InChI=1S/C18H18N2O3/c1-12-7-10-23-15(12)16(21)20-9-4-8-18(11-20)13-5-2-3-6-14(13)19-17(18)22/h2-3,5-7,10H,4,8-9,11H2,1H3,(H,19,22). The molecule has 0 radical (unpaired) electrons. The van der Waals surface area contributed by atoms with Crippen LogP contribution < -0.4 is 5.32 Å². The van der Waals surface area contributed by atoms with Crippen molar-refractivity contribution in [1.82, 2.24) is 4.90 Å². The number of likely N-dealkylation sites (tertiary alicyclic amines) is 1. The number of hydrogen-bond donors (Lipinski definition) is 1. The van der Waals surface area contributed by atoms with Crippen LogP contribution in [0.3, 0.4) is 0 Å². The molecule has 2 aliphatic heterocycles. The summed E-state index contributed by atoms with van der Waals surface area (Å²) in [5, 5.41) is 2.96. The maximum Gasteiger partial charge on any atom is 0.289 e. The highest BCUT2D eigenvalue weighted by molar-refractivity contribution is 6.07. The summed E-state index contributed by atoms with van der Waals surface area (Å²) in [5.41, 5.74) is 2.05. The highest BCUT2D eigenvalue weighted by atomic mass is 16.3. The third-order valence-corrected chi connectivity index (χ3v) is 4.96. The lowest BCUT2D eigenvalue weighted by molar-refractivity contribution is -0.122. The number of aryl methyl sites for hydroxylation is 1. The number of fused-ring (bicyclic) bond motifs is 2. The molecule has 23 heavy (non-hydrogen) atoms. The van der Waals surface area contributed by atoms with E-state index in [0.29, 0.717) is 18.8 Å². The lowest BCUT2D eigenvalue weighted by Crippen LogP contribution is -2.51. The van der Waals surface area contributed by atoms with E-state index < -0.39 is 5.41 Å². The minimum Gasteiger partial charge on any atom is -0.459 e. The molecule has 2 amide bonds. The predicted octanol–water partition coefficient (Wildman–Crippen LogP) is 2.71. The minimum atomic E-state index is -0.634. The number of nitrogens with zero attached hydrogens (tertiary/aromatic N) is 1. The molecule has 1 aromatic carbocycles. The van der Waals surface area contributed by atoms with Crippen molar-refractivity contribution in [2.75, 3.05) is 18.4 Å². The van der Waals surface area contributed by atoms with Gasteiger partial charge in [0, 0.05) is 24.3 Å². The second kappa shape index (κ2) is 4.98. The molecule has 5 heteroatoms. The Kier molecular flexibility index (Phi) is 3.04. The van der Waals surface area contributed by atoms with Gasteiger partial charge in [0.2, 0.25) is 5.91 Å².